The summed E-state index contributed by atoms with van der Waals surface area (Å²) in [6.45, 7) is 2.80. The summed E-state index contributed by atoms with van der Waals surface area (Å²) in [6.07, 6.45) is 1.43. The molecule has 0 saturated carbocycles. The van der Waals surface area contributed by atoms with Crippen LogP contribution in [0.15, 0.2) is 60.8 Å². The summed E-state index contributed by atoms with van der Waals surface area (Å²) >= 11 is 0. The van der Waals surface area contributed by atoms with E-state index in [0.29, 0.717) is 46.9 Å². The normalized spacial score (nSPS) is 10.8. The smallest absolute Gasteiger partial charge is 0.207 e. The van der Waals surface area contributed by atoms with Gasteiger partial charge in [0.2, 0.25) is 5.82 Å². The number of hydrogen-bond donors (Lipinski definition) is 0. The molecule has 3 aromatic carbocycles. The number of nitrogens with zero attached hydrogens (tertiary/aromatic N) is 2. The molecule has 4 aromatic rings. The number of hydrogen-bond acceptors (Lipinski definition) is 7. The van der Waals surface area contributed by atoms with Crippen LogP contribution < -0.4 is 18.9 Å². The van der Waals surface area contributed by atoms with E-state index in [0.717, 1.165) is 5.56 Å². The second-order valence-electron chi connectivity index (χ2n) is 7.47. The molecule has 0 amide bonds. The van der Waals surface area contributed by atoms with E-state index in [-0.39, 0.29) is 18.1 Å². The number of aromatic nitrogens is 2. The summed E-state index contributed by atoms with van der Waals surface area (Å²) in [4.78, 5) is 0. The standard InChI is InChI=1S/C26H25FN2O5/c1-17-9-10-21(25(27)26(17)33-16-18-7-5-4-6-8-18)34-24-15-28-29-20-14-23(32-12-11-30-2)22(31-3)13-19(20)24/h4-10,13-15H,11-12,16H2,1-3H3. The van der Waals surface area contributed by atoms with E-state index in [1.165, 1.54) is 13.3 Å². The largest absolute Gasteiger partial charge is 0.493 e. The first-order valence-electron chi connectivity index (χ1n) is 10.7. The van der Waals surface area contributed by atoms with E-state index >= 15 is 4.39 Å². The van der Waals surface area contributed by atoms with Crippen molar-refractivity contribution in [2.24, 2.45) is 0 Å². The summed E-state index contributed by atoms with van der Waals surface area (Å²) in [5, 5.41) is 8.74. The predicted molar refractivity (Wildman–Crippen MR) is 125 cm³/mol. The number of halogens is 1. The molecule has 4 rings (SSSR count). The summed E-state index contributed by atoms with van der Waals surface area (Å²) in [5.74, 6) is 0.867. The van der Waals surface area contributed by atoms with Gasteiger partial charge in [-0.05, 0) is 30.2 Å². The van der Waals surface area contributed by atoms with Crippen molar-refractivity contribution in [1.82, 2.24) is 10.2 Å². The van der Waals surface area contributed by atoms with Gasteiger partial charge in [-0.2, -0.15) is 14.6 Å². The fourth-order valence-corrected chi connectivity index (χ4v) is 3.37. The maximum absolute atomic E-state index is 15.4. The minimum absolute atomic E-state index is 0.0161. The molecule has 0 aliphatic heterocycles. The van der Waals surface area contributed by atoms with Crippen LogP contribution in [0.1, 0.15) is 11.1 Å². The fraction of sp³-hybridized carbons (Fsp3) is 0.231. The highest BCUT2D eigenvalue weighted by atomic mass is 19.1. The molecule has 176 valence electrons. The first-order chi connectivity index (χ1) is 16.6. The molecule has 0 N–H and O–H groups in total. The third-order valence-corrected chi connectivity index (χ3v) is 5.14. The van der Waals surface area contributed by atoms with Gasteiger partial charge >= 0.3 is 0 Å². The zero-order chi connectivity index (χ0) is 23.9. The van der Waals surface area contributed by atoms with Crippen molar-refractivity contribution in [2.45, 2.75) is 13.5 Å². The van der Waals surface area contributed by atoms with Crippen LogP contribution in [0.3, 0.4) is 0 Å². The first kappa shape index (κ1) is 23.3. The Morgan fingerprint density at radius 1 is 0.853 bits per heavy atom. The maximum Gasteiger partial charge on any atom is 0.207 e. The Balaban J connectivity index is 1.63. The van der Waals surface area contributed by atoms with Crippen molar-refractivity contribution in [3.63, 3.8) is 0 Å². The van der Waals surface area contributed by atoms with Gasteiger partial charge in [-0.25, -0.2) is 0 Å². The lowest BCUT2D eigenvalue weighted by molar-refractivity contribution is 0.144. The van der Waals surface area contributed by atoms with E-state index in [4.69, 9.17) is 23.7 Å². The van der Waals surface area contributed by atoms with Crippen molar-refractivity contribution in [2.75, 3.05) is 27.4 Å². The van der Waals surface area contributed by atoms with Gasteiger partial charge in [0, 0.05) is 13.2 Å². The molecular weight excluding hydrogens is 439 g/mol. The van der Waals surface area contributed by atoms with Crippen molar-refractivity contribution < 1.29 is 28.1 Å². The van der Waals surface area contributed by atoms with E-state index in [1.807, 2.05) is 30.3 Å². The monoisotopic (exact) mass is 464 g/mol. The van der Waals surface area contributed by atoms with Crippen LogP contribution in [0.4, 0.5) is 4.39 Å². The molecule has 0 saturated heterocycles. The van der Waals surface area contributed by atoms with Gasteiger partial charge in [-0.3, -0.25) is 0 Å². The van der Waals surface area contributed by atoms with Crippen LogP contribution >= 0.6 is 0 Å². The average Bonchev–Trinajstić information content (AvgIpc) is 2.86. The molecule has 1 aromatic heterocycles. The van der Waals surface area contributed by atoms with Crippen LogP contribution in [-0.4, -0.2) is 37.6 Å². The summed E-state index contributed by atoms with van der Waals surface area (Å²) in [7, 11) is 3.13. The highest BCUT2D eigenvalue weighted by Gasteiger charge is 2.18. The van der Waals surface area contributed by atoms with Crippen molar-refractivity contribution in [3.8, 4) is 28.7 Å². The van der Waals surface area contributed by atoms with Gasteiger partial charge in [0.25, 0.3) is 0 Å². The van der Waals surface area contributed by atoms with Crippen LogP contribution in [0, 0.1) is 12.7 Å². The molecule has 0 unspecified atom stereocenters. The Hall–Kier alpha value is -3.91. The van der Waals surface area contributed by atoms with Gasteiger partial charge in [0.15, 0.2) is 28.7 Å². The number of benzene rings is 3. The molecule has 7 nitrogen and oxygen atoms in total. The minimum atomic E-state index is -0.590. The molecule has 0 atom stereocenters. The van der Waals surface area contributed by atoms with Crippen LogP contribution in [0.25, 0.3) is 10.9 Å². The van der Waals surface area contributed by atoms with Gasteiger partial charge in [0.05, 0.1) is 25.3 Å². The Kier molecular flexibility index (Phi) is 7.39. The third-order valence-electron chi connectivity index (χ3n) is 5.14. The van der Waals surface area contributed by atoms with E-state index in [1.54, 1.807) is 38.3 Å². The Bertz CT molecular complexity index is 1270. The van der Waals surface area contributed by atoms with Gasteiger partial charge < -0.3 is 23.7 Å². The Morgan fingerprint density at radius 3 is 2.44 bits per heavy atom. The molecule has 0 aliphatic rings. The lowest BCUT2D eigenvalue weighted by atomic mass is 10.2. The minimum Gasteiger partial charge on any atom is -0.493 e. The number of methoxy groups -OCH3 is 2. The van der Waals surface area contributed by atoms with Crippen molar-refractivity contribution >= 4 is 10.9 Å². The molecule has 0 fully saturated rings. The number of rotatable bonds is 10. The average molecular weight is 464 g/mol. The SMILES string of the molecule is COCCOc1cc2nncc(Oc3ccc(C)c(OCc4ccccc4)c3F)c2cc1OC. The molecule has 0 radical (unpaired) electrons. The number of fused-ring (bicyclic) bond motifs is 1. The van der Waals surface area contributed by atoms with Gasteiger partial charge in [0.1, 0.15) is 18.7 Å². The fourth-order valence-electron chi connectivity index (χ4n) is 3.37. The van der Waals surface area contributed by atoms with E-state index in [9.17, 15) is 0 Å². The molecule has 1 heterocycles. The second kappa shape index (κ2) is 10.8. The zero-order valence-corrected chi connectivity index (χ0v) is 19.2. The highest BCUT2D eigenvalue weighted by molar-refractivity contribution is 5.87. The third kappa shape index (κ3) is 5.18. The zero-order valence-electron chi connectivity index (χ0n) is 19.2. The maximum atomic E-state index is 15.4. The molecule has 34 heavy (non-hydrogen) atoms. The van der Waals surface area contributed by atoms with E-state index in [2.05, 4.69) is 10.2 Å². The van der Waals surface area contributed by atoms with Gasteiger partial charge in [-0.15, -0.1) is 0 Å². The quantitative estimate of drug-likeness (QED) is 0.288. The predicted octanol–water partition coefficient (Wildman–Crippen LogP) is 5.48. The van der Waals surface area contributed by atoms with Crippen LogP contribution in [0.5, 0.6) is 28.7 Å². The molecule has 0 spiro atoms. The molecular formula is C26H25FN2O5. The Labute approximate surface area is 197 Å². The first-order valence-corrected chi connectivity index (χ1v) is 10.7. The van der Waals surface area contributed by atoms with Crippen LogP contribution in [-0.2, 0) is 11.3 Å². The van der Waals surface area contributed by atoms with Gasteiger partial charge in [-0.1, -0.05) is 36.4 Å². The highest BCUT2D eigenvalue weighted by Crippen LogP contribution is 2.39. The summed E-state index contributed by atoms with van der Waals surface area (Å²) in [5.41, 5.74) is 2.12. The number of ether oxygens (including phenoxy) is 5. The van der Waals surface area contributed by atoms with E-state index < -0.39 is 5.82 Å². The summed E-state index contributed by atoms with van der Waals surface area (Å²) in [6, 6.07) is 16.3. The topological polar surface area (TPSA) is 71.9 Å². The number of aryl methyl sites for hydroxylation is 1. The second-order valence-corrected chi connectivity index (χ2v) is 7.47. The summed E-state index contributed by atoms with van der Waals surface area (Å²) < 4.78 is 43.3. The lowest BCUT2D eigenvalue weighted by Gasteiger charge is -2.15. The Morgan fingerprint density at radius 2 is 1.68 bits per heavy atom. The molecule has 0 aliphatic carbocycles. The van der Waals surface area contributed by atoms with Crippen molar-refractivity contribution in [3.05, 3.63) is 77.7 Å². The van der Waals surface area contributed by atoms with Crippen molar-refractivity contribution in [1.29, 1.82) is 0 Å². The lowest BCUT2D eigenvalue weighted by Crippen LogP contribution is -2.05. The molecule has 8 heteroatoms. The molecule has 0 bridgehead atoms. The van der Waals surface area contributed by atoms with Crippen LogP contribution in [0.2, 0.25) is 0 Å².